The highest BCUT2D eigenvalue weighted by Gasteiger charge is 2.05. The van der Waals surface area contributed by atoms with E-state index in [1.807, 2.05) is 64.1 Å². The molecule has 0 saturated carbocycles. The average Bonchev–Trinajstić information content (AvgIpc) is 2.72. The molecule has 1 aromatic carbocycles. The first-order valence-electron chi connectivity index (χ1n) is 9.77. The average molecular weight is 391 g/mol. The third-order valence-corrected chi connectivity index (χ3v) is 2.86. The molecule has 0 heterocycles. The highest BCUT2D eigenvalue weighted by atomic mass is 16.5. The van der Waals surface area contributed by atoms with Gasteiger partial charge in [-0.1, -0.05) is 57.2 Å². The molecule has 5 heteroatoms. The molecule has 0 bridgehead atoms. The predicted octanol–water partition coefficient (Wildman–Crippen LogP) is 4.56. The van der Waals surface area contributed by atoms with E-state index in [1.165, 1.54) is 0 Å². The number of hydrogen-bond donors (Lipinski definition) is 2. The molecule has 2 atom stereocenters. The fraction of sp³-hybridized carbons (Fsp3) is 0.727. The summed E-state index contributed by atoms with van der Waals surface area (Å²) >= 11 is 0. The van der Waals surface area contributed by atoms with Crippen LogP contribution in [0.2, 0.25) is 0 Å². The van der Waals surface area contributed by atoms with Gasteiger partial charge in [0.05, 0.1) is 18.8 Å². The van der Waals surface area contributed by atoms with E-state index in [0.29, 0.717) is 13.0 Å². The number of rotatable bonds is 8. The molecule has 2 unspecified atom stereocenters. The van der Waals surface area contributed by atoms with Crippen molar-refractivity contribution in [1.82, 2.24) is 0 Å². The van der Waals surface area contributed by atoms with Gasteiger partial charge < -0.3 is 24.4 Å². The van der Waals surface area contributed by atoms with E-state index < -0.39 is 0 Å². The number of methoxy groups -OCH3 is 3. The van der Waals surface area contributed by atoms with Crippen LogP contribution < -0.4 is 0 Å². The van der Waals surface area contributed by atoms with Gasteiger partial charge in [0.25, 0.3) is 0 Å². The number of ether oxygens (including phenoxy) is 3. The number of benzene rings is 1. The Labute approximate surface area is 168 Å². The van der Waals surface area contributed by atoms with Gasteiger partial charge in [-0.2, -0.15) is 0 Å². The third kappa shape index (κ3) is 45.8. The maximum absolute atomic E-state index is 9.23. The third-order valence-electron chi connectivity index (χ3n) is 2.86. The topological polar surface area (TPSA) is 68.2 Å². The van der Waals surface area contributed by atoms with E-state index in [1.54, 1.807) is 28.4 Å². The minimum Gasteiger partial charge on any atom is -0.393 e. The number of hydrogen-bond acceptors (Lipinski definition) is 5. The Hall–Kier alpha value is -0.980. The molecule has 0 aliphatic heterocycles. The molecule has 1 aromatic rings. The lowest BCUT2D eigenvalue weighted by Gasteiger charge is -2.10. The van der Waals surface area contributed by atoms with Crippen LogP contribution in [0.3, 0.4) is 0 Å². The van der Waals surface area contributed by atoms with E-state index in [4.69, 9.17) is 4.74 Å². The van der Waals surface area contributed by atoms with E-state index in [0.717, 1.165) is 25.9 Å². The molecule has 0 fully saturated rings. The first-order chi connectivity index (χ1) is 13.0. The smallest absolute Gasteiger partial charge is 0.0773 e. The number of aliphatic hydroxyl groups excluding tert-OH is 2. The highest BCUT2D eigenvalue weighted by molar-refractivity contribution is 4.99. The van der Waals surface area contributed by atoms with Crippen molar-refractivity contribution in [2.24, 2.45) is 0 Å². The van der Waals surface area contributed by atoms with Crippen LogP contribution in [0.15, 0.2) is 36.4 Å². The summed E-state index contributed by atoms with van der Waals surface area (Å²) in [4.78, 5) is 0. The van der Waals surface area contributed by atoms with Crippen LogP contribution in [0.1, 0.15) is 53.4 Å². The Bertz CT molecular complexity index is 267. The maximum Gasteiger partial charge on any atom is 0.0773 e. The van der Waals surface area contributed by atoms with Crippen LogP contribution in [-0.2, 0) is 14.2 Å². The molecule has 0 saturated heterocycles. The van der Waals surface area contributed by atoms with Crippen molar-refractivity contribution < 1.29 is 24.4 Å². The van der Waals surface area contributed by atoms with E-state index in [2.05, 4.69) is 9.47 Å². The first-order valence-corrected chi connectivity index (χ1v) is 9.77. The van der Waals surface area contributed by atoms with Crippen molar-refractivity contribution >= 4 is 0 Å². The van der Waals surface area contributed by atoms with Crippen LogP contribution in [0.4, 0.5) is 0 Å². The summed E-state index contributed by atoms with van der Waals surface area (Å²) in [6, 6.07) is 12.0. The lowest BCUT2D eigenvalue weighted by Crippen LogP contribution is -2.14. The maximum atomic E-state index is 9.23. The molecule has 164 valence electrons. The normalized spacial score (nSPS) is 10.9. The molecule has 0 aliphatic carbocycles. The van der Waals surface area contributed by atoms with Gasteiger partial charge >= 0.3 is 0 Å². The second-order valence-corrected chi connectivity index (χ2v) is 5.24. The van der Waals surface area contributed by atoms with Crippen LogP contribution in [-0.4, -0.2) is 64.1 Å². The molecule has 2 N–H and O–H groups in total. The summed E-state index contributed by atoms with van der Waals surface area (Å²) in [5, 5.41) is 18.4. The van der Waals surface area contributed by atoms with Crippen LogP contribution in [0.25, 0.3) is 0 Å². The largest absolute Gasteiger partial charge is 0.393 e. The minimum atomic E-state index is -0.376. The Morgan fingerprint density at radius 3 is 1.30 bits per heavy atom. The fourth-order valence-electron chi connectivity index (χ4n) is 1.45. The zero-order chi connectivity index (χ0) is 21.8. The van der Waals surface area contributed by atoms with E-state index in [9.17, 15) is 10.2 Å². The van der Waals surface area contributed by atoms with E-state index >= 15 is 0 Å². The zero-order valence-corrected chi connectivity index (χ0v) is 19.0. The van der Waals surface area contributed by atoms with Gasteiger partial charge in [-0.25, -0.2) is 0 Å². The standard InChI is InChI=1S/C9H20O3.C6H6.C3H8O.C2H6O.C2H6/c1-3-8(10)5-4-6-9(11)7-12-2;1-2-4-6-5-3-1;1-3-4-2;1-3-2;1-2/h8-11H,3-7H2,1-2H3;1-6H;3H2,1-2H3;1-2H3;1-2H3. The molecule has 27 heavy (non-hydrogen) atoms. The highest BCUT2D eigenvalue weighted by Crippen LogP contribution is 2.06. The van der Waals surface area contributed by atoms with Gasteiger partial charge in [-0.05, 0) is 32.6 Å². The molecular weight excluding hydrogens is 344 g/mol. The summed E-state index contributed by atoms with van der Waals surface area (Å²) in [6.45, 7) is 9.12. The van der Waals surface area contributed by atoms with Crippen molar-refractivity contribution in [3.8, 4) is 0 Å². The van der Waals surface area contributed by atoms with Crippen LogP contribution >= 0.6 is 0 Å². The molecule has 0 radical (unpaired) electrons. The second kappa shape index (κ2) is 36.0. The monoisotopic (exact) mass is 390 g/mol. The molecule has 0 aromatic heterocycles. The van der Waals surface area contributed by atoms with Crippen molar-refractivity contribution in [3.05, 3.63) is 36.4 Å². The van der Waals surface area contributed by atoms with Crippen LogP contribution in [0, 0.1) is 0 Å². The summed E-state index contributed by atoms with van der Waals surface area (Å²) in [7, 11) is 6.50. The van der Waals surface area contributed by atoms with Crippen molar-refractivity contribution in [2.75, 3.05) is 41.7 Å². The predicted molar refractivity (Wildman–Crippen MR) is 116 cm³/mol. The molecule has 5 nitrogen and oxygen atoms in total. The van der Waals surface area contributed by atoms with Gasteiger partial charge in [0.1, 0.15) is 0 Å². The number of aliphatic hydroxyl groups is 2. The van der Waals surface area contributed by atoms with Gasteiger partial charge in [0.2, 0.25) is 0 Å². The molecule has 1 rings (SSSR count). The van der Waals surface area contributed by atoms with Crippen LogP contribution in [0.5, 0.6) is 0 Å². The molecule has 0 spiro atoms. The zero-order valence-electron chi connectivity index (χ0n) is 19.0. The second-order valence-electron chi connectivity index (χ2n) is 5.24. The Balaban J connectivity index is -0.000000146. The lowest BCUT2D eigenvalue weighted by molar-refractivity contribution is 0.0541. The quantitative estimate of drug-likeness (QED) is 0.681. The fourth-order valence-corrected chi connectivity index (χ4v) is 1.45. The summed E-state index contributed by atoms with van der Waals surface area (Å²) in [5.74, 6) is 0. The van der Waals surface area contributed by atoms with Gasteiger partial charge in [-0.15, -0.1) is 0 Å². The molecule has 0 aliphatic rings. The van der Waals surface area contributed by atoms with Gasteiger partial charge in [0, 0.05) is 35.0 Å². The Morgan fingerprint density at radius 2 is 1.04 bits per heavy atom. The van der Waals surface area contributed by atoms with Gasteiger partial charge in [0.15, 0.2) is 0 Å². The first kappa shape index (κ1) is 33.6. The summed E-state index contributed by atoms with van der Waals surface area (Å²) < 4.78 is 13.6. The van der Waals surface area contributed by atoms with Crippen molar-refractivity contribution in [3.63, 3.8) is 0 Å². The minimum absolute atomic E-state index is 0.209. The van der Waals surface area contributed by atoms with E-state index in [-0.39, 0.29) is 12.2 Å². The Morgan fingerprint density at radius 1 is 0.704 bits per heavy atom. The summed E-state index contributed by atoms with van der Waals surface area (Å²) in [6.07, 6.45) is 2.56. The lowest BCUT2D eigenvalue weighted by atomic mass is 10.1. The molecule has 0 amide bonds. The SMILES string of the molecule is CC.CCC(O)CCCC(O)COC.CCOC.COC.c1ccccc1. The summed E-state index contributed by atoms with van der Waals surface area (Å²) in [5.41, 5.74) is 0. The van der Waals surface area contributed by atoms with Gasteiger partial charge in [-0.3, -0.25) is 0 Å². The van der Waals surface area contributed by atoms with Crippen molar-refractivity contribution in [1.29, 1.82) is 0 Å². The van der Waals surface area contributed by atoms with Crippen molar-refractivity contribution in [2.45, 2.75) is 65.6 Å². The Kier molecular flexibility index (Phi) is 44.8. The molecular formula is C22H46O5.